The molecular weight excluding hydrogens is 128 g/mol. The highest BCUT2D eigenvalue weighted by Crippen LogP contribution is 2.38. The normalized spacial score (nSPS) is 20.2. The number of hydrogen-bond donors (Lipinski definition) is 0. The first-order chi connectivity index (χ1) is 4.66. The van der Waals surface area contributed by atoms with Gasteiger partial charge >= 0.3 is 5.97 Å². The highest BCUT2D eigenvalue weighted by molar-refractivity contribution is 5.70. The van der Waals surface area contributed by atoms with Gasteiger partial charge in [-0.15, -0.1) is 0 Å². The molecule has 0 atom stereocenters. The van der Waals surface area contributed by atoms with Gasteiger partial charge in [0.2, 0.25) is 0 Å². The van der Waals surface area contributed by atoms with E-state index in [0.717, 1.165) is 19.3 Å². The van der Waals surface area contributed by atoms with Gasteiger partial charge in [-0.05, 0) is 26.2 Å². The second-order valence-corrected chi connectivity index (χ2v) is 3.17. The SMILES string of the molecule is CCCC(=O)OC1(C)CC1. The molecule has 1 fully saturated rings. The smallest absolute Gasteiger partial charge is 0.306 e. The van der Waals surface area contributed by atoms with Crippen molar-refractivity contribution in [3.63, 3.8) is 0 Å². The molecule has 0 aliphatic heterocycles. The Morgan fingerprint density at radius 3 is 2.60 bits per heavy atom. The number of ether oxygens (including phenoxy) is 1. The Bertz CT molecular complexity index is 136. The van der Waals surface area contributed by atoms with Crippen LogP contribution in [0.2, 0.25) is 0 Å². The summed E-state index contributed by atoms with van der Waals surface area (Å²) >= 11 is 0. The molecule has 0 aromatic carbocycles. The lowest BCUT2D eigenvalue weighted by atomic mass is 10.3. The van der Waals surface area contributed by atoms with Gasteiger partial charge < -0.3 is 4.74 Å². The van der Waals surface area contributed by atoms with Crippen molar-refractivity contribution in [1.82, 2.24) is 0 Å². The first-order valence-corrected chi connectivity index (χ1v) is 3.88. The Kier molecular flexibility index (Phi) is 1.97. The lowest BCUT2D eigenvalue weighted by molar-refractivity contribution is -0.150. The van der Waals surface area contributed by atoms with Gasteiger partial charge in [-0.1, -0.05) is 6.92 Å². The Balaban J connectivity index is 2.18. The van der Waals surface area contributed by atoms with Crippen LogP contribution < -0.4 is 0 Å². The molecular formula is C8H14O2. The van der Waals surface area contributed by atoms with E-state index in [-0.39, 0.29) is 11.6 Å². The zero-order chi connectivity index (χ0) is 7.61. The molecule has 1 aliphatic carbocycles. The van der Waals surface area contributed by atoms with Crippen molar-refractivity contribution in [1.29, 1.82) is 0 Å². The van der Waals surface area contributed by atoms with Crippen LogP contribution in [0.3, 0.4) is 0 Å². The van der Waals surface area contributed by atoms with Crippen molar-refractivity contribution in [2.75, 3.05) is 0 Å². The molecule has 0 radical (unpaired) electrons. The van der Waals surface area contributed by atoms with E-state index in [4.69, 9.17) is 4.74 Å². The van der Waals surface area contributed by atoms with Gasteiger partial charge in [-0.2, -0.15) is 0 Å². The molecule has 2 nitrogen and oxygen atoms in total. The molecule has 0 heterocycles. The zero-order valence-electron chi connectivity index (χ0n) is 6.64. The third-order valence-corrected chi connectivity index (χ3v) is 1.77. The van der Waals surface area contributed by atoms with E-state index in [9.17, 15) is 4.79 Å². The first kappa shape index (κ1) is 7.58. The fraction of sp³-hybridized carbons (Fsp3) is 0.875. The maximum atomic E-state index is 10.9. The summed E-state index contributed by atoms with van der Waals surface area (Å²) < 4.78 is 5.15. The van der Waals surface area contributed by atoms with Crippen molar-refractivity contribution >= 4 is 5.97 Å². The van der Waals surface area contributed by atoms with E-state index in [1.54, 1.807) is 0 Å². The van der Waals surface area contributed by atoms with E-state index in [0.29, 0.717) is 6.42 Å². The highest BCUT2D eigenvalue weighted by Gasteiger charge is 2.41. The molecule has 0 bridgehead atoms. The van der Waals surface area contributed by atoms with Crippen LogP contribution >= 0.6 is 0 Å². The zero-order valence-corrected chi connectivity index (χ0v) is 6.64. The van der Waals surface area contributed by atoms with Crippen LogP contribution in [0.4, 0.5) is 0 Å². The van der Waals surface area contributed by atoms with Crippen LogP contribution in [0.5, 0.6) is 0 Å². The van der Waals surface area contributed by atoms with E-state index < -0.39 is 0 Å². The van der Waals surface area contributed by atoms with Gasteiger partial charge in [0.25, 0.3) is 0 Å². The topological polar surface area (TPSA) is 26.3 Å². The maximum Gasteiger partial charge on any atom is 0.306 e. The van der Waals surface area contributed by atoms with Crippen molar-refractivity contribution in [3.05, 3.63) is 0 Å². The number of esters is 1. The van der Waals surface area contributed by atoms with Gasteiger partial charge in [-0.3, -0.25) is 4.79 Å². The van der Waals surface area contributed by atoms with Crippen molar-refractivity contribution in [3.8, 4) is 0 Å². The Labute approximate surface area is 61.6 Å². The lowest BCUT2D eigenvalue weighted by Gasteiger charge is -2.09. The number of carbonyl (C=O) groups is 1. The van der Waals surface area contributed by atoms with Crippen molar-refractivity contribution in [2.24, 2.45) is 0 Å². The quantitative estimate of drug-likeness (QED) is 0.562. The molecule has 0 aromatic rings. The fourth-order valence-electron chi connectivity index (χ4n) is 0.808. The van der Waals surface area contributed by atoms with Gasteiger partial charge in [0.15, 0.2) is 0 Å². The average Bonchev–Trinajstić information content (AvgIpc) is 2.48. The standard InChI is InChI=1S/C8H14O2/c1-3-4-7(9)10-8(2)5-6-8/h3-6H2,1-2H3. The fourth-order valence-corrected chi connectivity index (χ4v) is 0.808. The van der Waals surface area contributed by atoms with Gasteiger partial charge in [0, 0.05) is 6.42 Å². The molecule has 1 rings (SSSR count). The highest BCUT2D eigenvalue weighted by atomic mass is 16.6. The molecule has 0 N–H and O–H groups in total. The summed E-state index contributed by atoms with van der Waals surface area (Å²) in [6.07, 6.45) is 3.54. The van der Waals surface area contributed by atoms with Gasteiger partial charge in [0.1, 0.15) is 5.60 Å². The monoisotopic (exact) mass is 142 g/mol. The second-order valence-electron chi connectivity index (χ2n) is 3.17. The lowest BCUT2D eigenvalue weighted by Crippen LogP contribution is -2.14. The summed E-state index contributed by atoms with van der Waals surface area (Å²) in [6.45, 7) is 3.97. The number of rotatable bonds is 3. The molecule has 1 saturated carbocycles. The van der Waals surface area contributed by atoms with Crippen molar-refractivity contribution < 1.29 is 9.53 Å². The average molecular weight is 142 g/mol. The van der Waals surface area contributed by atoms with Crippen LogP contribution in [-0.4, -0.2) is 11.6 Å². The minimum atomic E-state index is -0.0771. The van der Waals surface area contributed by atoms with E-state index in [1.165, 1.54) is 0 Å². The largest absolute Gasteiger partial charge is 0.459 e. The summed E-state index contributed by atoms with van der Waals surface area (Å²) in [4.78, 5) is 10.9. The minimum Gasteiger partial charge on any atom is -0.459 e. The summed E-state index contributed by atoms with van der Waals surface area (Å²) in [5.41, 5.74) is -0.0771. The molecule has 0 amide bonds. The Hall–Kier alpha value is -0.530. The molecule has 0 spiro atoms. The molecule has 0 aromatic heterocycles. The molecule has 1 aliphatic rings. The van der Waals surface area contributed by atoms with Gasteiger partial charge in [-0.25, -0.2) is 0 Å². The third kappa shape index (κ3) is 2.01. The van der Waals surface area contributed by atoms with E-state index in [1.807, 2.05) is 13.8 Å². The van der Waals surface area contributed by atoms with Crippen LogP contribution in [0.1, 0.15) is 39.5 Å². The Morgan fingerprint density at radius 2 is 2.20 bits per heavy atom. The summed E-state index contributed by atoms with van der Waals surface area (Å²) in [5.74, 6) is -0.0394. The maximum absolute atomic E-state index is 10.9. The molecule has 10 heavy (non-hydrogen) atoms. The molecule has 0 unspecified atom stereocenters. The Morgan fingerprint density at radius 1 is 1.60 bits per heavy atom. The van der Waals surface area contributed by atoms with E-state index >= 15 is 0 Å². The minimum absolute atomic E-state index is 0.0394. The number of hydrogen-bond acceptors (Lipinski definition) is 2. The van der Waals surface area contributed by atoms with Crippen LogP contribution in [0.25, 0.3) is 0 Å². The van der Waals surface area contributed by atoms with Crippen LogP contribution in [0, 0.1) is 0 Å². The first-order valence-electron chi connectivity index (χ1n) is 3.88. The molecule has 2 heteroatoms. The molecule has 58 valence electrons. The van der Waals surface area contributed by atoms with Gasteiger partial charge in [0.05, 0.1) is 0 Å². The summed E-state index contributed by atoms with van der Waals surface area (Å²) in [7, 11) is 0. The van der Waals surface area contributed by atoms with Crippen molar-refractivity contribution in [2.45, 2.75) is 45.1 Å². The molecule has 0 saturated heterocycles. The number of carbonyl (C=O) groups excluding carboxylic acids is 1. The predicted molar refractivity (Wildman–Crippen MR) is 38.6 cm³/mol. The van der Waals surface area contributed by atoms with Crippen LogP contribution in [0.15, 0.2) is 0 Å². The van der Waals surface area contributed by atoms with Crippen LogP contribution in [-0.2, 0) is 9.53 Å². The van der Waals surface area contributed by atoms with E-state index in [2.05, 4.69) is 0 Å². The predicted octanol–water partition coefficient (Wildman–Crippen LogP) is 1.88. The summed E-state index contributed by atoms with van der Waals surface area (Å²) in [6, 6.07) is 0. The second kappa shape index (κ2) is 2.60. The third-order valence-electron chi connectivity index (χ3n) is 1.77. The summed E-state index contributed by atoms with van der Waals surface area (Å²) in [5, 5.41) is 0.